The molecule has 2 rings (SSSR count). The van der Waals surface area contributed by atoms with Crippen LogP contribution >= 0.6 is 0 Å². The zero-order valence-electron chi connectivity index (χ0n) is 11.4. The molecular formula is C13H20N2O4. The SMILES string of the molecule is CNC(=O)C1(C)CCN(C(=O)C2(C(=O)O)CCC2)C1. The number of carbonyl (C=O) groups excluding carboxylic acids is 2. The molecule has 6 nitrogen and oxygen atoms in total. The standard InChI is InChI=1S/C13H20N2O4/c1-12(9(16)14-2)6-7-15(8-12)10(17)13(11(18)19)4-3-5-13/h3-8H2,1-2H3,(H,14,16)(H,18,19). The van der Waals surface area contributed by atoms with Gasteiger partial charge in [-0.25, -0.2) is 0 Å². The van der Waals surface area contributed by atoms with Crippen molar-refractivity contribution in [3.05, 3.63) is 0 Å². The first-order chi connectivity index (χ1) is 8.85. The lowest BCUT2D eigenvalue weighted by Crippen LogP contribution is -2.52. The van der Waals surface area contributed by atoms with Crippen molar-refractivity contribution >= 4 is 17.8 Å². The normalized spacial score (nSPS) is 28.6. The lowest BCUT2D eigenvalue weighted by molar-refractivity contribution is -0.167. The third-order valence-electron chi connectivity index (χ3n) is 4.56. The lowest BCUT2D eigenvalue weighted by Gasteiger charge is -2.39. The highest BCUT2D eigenvalue weighted by molar-refractivity contribution is 6.03. The number of hydrogen-bond donors (Lipinski definition) is 2. The Kier molecular flexibility index (Phi) is 3.28. The Labute approximate surface area is 112 Å². The number of nitrogens with zero attached hydrogens (tertiary/aromatic N) is 1. The molecule has 0 aromatic rings. The summed E-state index contributed by atoms with van der Waals surface area (Å²) in [5.41, 5.74) is -1.83. The third kappa shape index (κ3) is 1.99. The van der Waals surface area contributed by atoms with Gasteiger partial charge in [-0.1, -0.05) is 6.42 Å². The minimum Gasteiger partial charge on any atom is -0.480 e. The van der Waals surface area contributed by atoms with Gasteiger partial charge in [-0.05, 0) is 26.2 Å². The summed E-state index contributed by atoms with van der Waals surface area (Å²) in [7, 11) is 1.57. The van der Waals surface area contributed by atoms with Gasteiger partial charge in [-0.2, -0.15) is 0 Å². The molecule has 0 aromatic carbocycles. The van der Waals surface area contributed by atoms with Crippen LogP contribution in [0.15, 0.2) is 0 Å². The average molecular weight is 268 g/mol. The van der Waals surface area contributed by atoms with E-state index in [-0.39, 0.29) is 11.8 Å². The van der Waals surface area contributed by atoms with Crippen LogP contribution in [0.2, 0.25) is 0 Å². The largest absolute Gasteiger partial charge is 0.480 e. The Morgan fingerprint density at radius 2 is 1.84 bits per heavy atom. The number of carbonyl (C=O) groups is 3. The molecule has 2 fully saturated rings. The van der Waals surface area contributed by atoms with Crippen molar-refractivity contribution in [2.24, 2.45) is 10.8 Å². The van der Waals surface area contributed by atoms with Gasteiger partial charge in [0, 0.05) is 20.1 Å². The zero-order valence-corrected chi connectivity index (χ0v) is 11.4. The first-order valence-corrected chi connectivity index (χ1v) is 6.61. The fraction of sp³-hybridized carbons (Fsp3) is 0.769. The van der Waals surface area contributed by atoms with E-state index in [2.05, 4.69) is 5.32 Å². The van der Waals surface area contributed by atoms with Crippen LogP contribution in [0.4, 0.5) is 0 Å². The summed E-state index contributed by atoms with van der Waals surface area (Å²) in [4.78, 5) is 37.1. The number of hydrogen-bond acceptors (Lipinski definition) is 3. The Morgan fingerprint density at radius 3 is 2.26 bits per heavy atom. The Hall–Kier alpha value is -1.59. The van der Waals surface area contributed by atoms with Crippen molar-refractivity contribution < 1.29 is 19.5 Å². The van der Waals surface area contributed by atoms with Gasteiger partial charge in [0.1, 0.15) is 5.41 Å². The summed E-state index contributed by atoms with van der Waals surface area (Å²) in [6.07, 6.45) is 2.18. The second-order valence-corrected chi connectivity index (χ2v) is 5.86. The van der Waals surface area contributed by atoms with E-state index in [9.17, 15) is 19.5 Å². The van der Waals surface area contributed by atoms with Crippen molar-refractivity contribution in [1.82, 2.24) is 10.2 Å². The molecule has 0 radical (unpaired) electrons. The molecule has 1 aliphatic carbocycles. The number of likely N-dealkylation sites (tertiary alicyclic amines) is 1. The number of amides is 2. The molecule has 1 aliphatic heterocycles. The Balaban J connectivity index is 2.11. The molecule has 106 valence electrons. The van der Waals surface area contributed by atoms with Crippen molar-refractivity contribution in [1.29, 1.82) is 0 Å². The number of carboxylic acids is 1. The van der Waals surface area contributed by atoms with Crippen LogP contribution < -0.4 is 5.32 Å². The van der Waals surface area contributed by atoms with Crippen molar-refractivity contribution in [3.63, 3.8) is 0 Å². The molecular weight excluding hydrogens is 248 g/mol. The van der Waals surface area contributed by atoms with Crippen LogP contribution in [0, 0.1) is 10.8 Å². The van der Waals surface area contributed by atoms with E-state index in [0.29, 0.717) is 32.4 Å². The van der Waals surface area contributed by atoms with Gasteiger partial charge < -0.3 is 15.3 Å². The highest BCUT2D eigenvalue weighted by Gasteiger charge is 2.55. The fourth-order valence-corrected chi connectivity index (χ4v) is 2.97. The van der Waals surface area contributed by atoms with Gasteiger partial charge in [-0.15, -0.1) is 0 Å². The van der Waals surface area contributed by atoms with Gasteiger partial charge in [0.05, 0.1) is 5.41 Å². The lowest BCUT2D eigenvalue weighted by atomic mass is 9.68. The smallest absolute Gasteiger partial charge is 0.319 e. The second-order valence-electron chi connectivity index (χ2n) is 5.86. The maximum Gasteiger partial charge on any atom is 0.319 e. The number of rotatable bonds is 3. The predicted molar refractivity (Wildman–Crippen MR) is 67.3 cm³/mol. The van der Waals surface area contributed by atoms with E-state index in [1.165, 1.54) is 0 Å². The third-order valence-corrected chi connectivity index (χ3v) is 4.56. The summed E-state index contributed by atoms with van der Waals surface area (Å²) in [6.45, 7) is 2.58. The van der Waals surface area contributed by atoms with E-state index >= 15 is 0 Å². The molecule has 6 heteroatoms. The van der Waals surface area contributed by atoms with Gasteiger partial charge in [0.2, 0.25) is 11.8 Å². The van der Waals surface area contributed by atoms with Crippen molar-refractivity contribution in [2.45, 2.75) is 32.6 Å². The molecule has 1 unspecified atom stereocenters. The molecule has 0 spiro atoms. The molecule has 2 aliphatic rings. The van der Waals surface area contributed by atoms with Crippen molar-refractivity contribution in [3.8, 4) is 0 Å². The van der Waals surface area contributed by atoms with Gasteiger partial charge in [0.25, 0.3) is 0 Å². The van der Waals surface area contributed by atoms with E-state index in [1.54, 1.807) is 11.9 Å². The molecule has 1 saturated heterocycles. The van der Waals surface area contributed by atoms with Crippen LogP contribution in [-0.2, 0) is 14.4 Å². The molecule has 1 atom stereocenters. The topological polar surface area (TPSA) is 86.7 Å². The minimum atomic E-state index is -1.23. The summed E-state index contributed by atoms with van der Waals surface area (Å²) >= 11 is 0. The molecule has 2 amide bonds. The number of aliphatic carboxylic acids is 1. The van der Waals surface area contributed by atoms with E-state index in [1.807, 2.05) is 6.92 Å². The van der Waals surface area contributed by atoms with Crippen LogP contribution in [0.3, 0.4) is 0 Å². The number of carboxylic acid groups (broad SMARTS) is 1. The zero-order chi connectivity index (χ0) is 14.3. The predicted octanol–water partition coefficient (Wildman–Crippen LogP) is 0.226. The highest BCUT2D eigenvalue weighted by Crippen LogP contribution is 2.44. The molecule has 0 aromatic heterocycles. The maximum atomic E-state index is 12.4. The van der Waals surface area contributed by atoms with Crippen LogP contribution in [0.5, 0.6) is 0 Å². The van der Waals surface area contributed by atoms with Crippen LogP contribution in [-0.4, -0.2) is 47.9 Å². The van der Waals surface area contributed by atoms with Gasteiger partial charge in [0.15, 0.2) is 0 Å². The van der Waals surface area contributed by atoms with Crippen LogP contribution in [0.1, 0.15) is 32.6 Å². The molecule has 0 bridgehead atoms. The Morgan fingerprint density at radius 1 is 1.21 bits per heavy atom. The molecule has 1 saturated carbocycles. The summed E-state index contributed by atoms with van der Waals surface area (Å²) in [5, 5.41) is 11.9. The van der Waals surface area contributed by atoms with Crippen LogP contribution in [0.25, 0.3) is 0 Å². The maximum absolute atomic E-state index is 12.4. The quantitative estimate of drug-likeness (QED) is 0.717. The van der Waals surface area contributed by atoms with Crippen molar-refractivity contribution in [2.75, 3.05) is 20.1 Å². The fourth-order valence-electron chi connectivity index (χ4n) is 2.97. The summed E-state index contributed by atoms with van der Waals surface area (Å²) in [5.74, 6) is -1.45. The minimum absolute atomic E-state index is 0.0965. The summed E-state index contributed by atoms with van der Waals surface area (Å²) in [6, 6.07) is 0. The first-order valence-electron chi connectivity index (χ1n) is 6.61. The highest BCUT2D eigenvalue weighted by atomic mass is 16.4. The number of nitrogens with one attached hydrogen (secondary N) is 1. The monoisotopic (exact) mass is 268 g/mol. The first kappa shape index (κ1) is 13.8. The second kappa shape index (κ2) is 4.51. The Bertz CT molecular complexity index is 430. The molecule has 1 heterocycles. The van der Waals surface area contributed by atoms with E-state index in [0.717, 1.165) is 6.42 Å². The average Bonchev–Trinajstić information content (AvgIpc) is 2.70. The summed E-state index contributed by atoms with van der Waals surface area (Å²) < 4.78 is 0. The van der Waals surface area contributed by atoms with E-state index < -0.39 is 16.8 Å². The van der Waals surface area contributed by atoms with Gasteiger partial charge in [-0.3, -0.25) is 14.4 Å². The van der Waals surface area contributed by atoms with E-state index in [4.69, 9.17) is 0 Å². The van der Waals surface area contributed by atoms with Gasteiger partial charge >= 0.3 is 5.97 Å². The molecule has 2 N–H and O–H groups in total. The molecule has 19 heavy (non-hydrogen) atoms.